The fourth-order valence-corrected chi connectivity index (χ4v) is 3.52. The summed E-state index contributed by atoms with van der Waals surface area (Å²) < 4.78 is 0. The van der Waals surface area contributed by atoms with Crippen LogP contribution in [0.3, 0.4) is 0 Å². The van der Waals surface area contributed by atoms with Crippen molar-refractivity contribution in [1.29, 1.82) is 0 Å². The van der Waals surface area contributed by atoms with Crippen molar-refractivity contribution in [2.24, 2.45) is 0 Å². The summed E-state index contributed by atoms with van der Waals surface area (Å²) in [6.07, 6.45) is 5.47. The summed E-state index contributed by atoms with van der Waals surface area (Å²) in [6.45, 7) is 5.88. The van der Waals surface area contributed by atoms with E-state index >= 15 is 0 Å². The smallest absolute Gasteiger partial charge is 0.253 e. The standard InChI is InChI=1S/C17H24N2O/c1-14-5-4-6-15(13-14)17(20)19-11-9-18(10-12-19)16-7-2-3-8-16/h4-6,13,16H,2-3,7-12H2,1H3. The molecule has 1 aliphatic heterocycles. The second-order valence-corrected chi connectivity index (χ2v) is 6.14. The maximum Gasteiger partial charge on any atom is 0.253 e. The van der Waals surface area contributed by atoms with Gasteiger partial charge in [-0.1, -0.05) is 30.5 Å². The summed E-state index contributed by atoms with van der Waals surface area (Å²) in [4.78, 5) is 17.1. The molecule has 3 heteroatoms. The van der Waals surface area contributed by atoms with Gasteiger partial charge in [-0.25, -0.2) is 0 Å². The molecule has 2 fully saturated rings. The summed E-state index contributed by atoms with van der Waals surface area (Å²) in [7, 11) is 0. The zero-order valence-corrected chi connectivity index (χ0v) is 12.3. The second-order valence-electron chi connectivity index (χ2n) is 6.14. The first-order valence-corrected chi connectivity index (χ1v) is 7.84. The monoisotopic (exact) mass is 272 g/mol. The lowest BCUT2D eigenvalue weighted by atomic mass is 10.1. The van der Waals surface area contributed by atoms with Crippen molar-refractivity contribution in [3.63, 3.8) is 0 Å². The van der Waals surface area contributed by atoms with E-state index in [1.165, 1.54) is 25.7 Å². The highest BCUT2D eigenvalue weighted by Gasteiger charge is 2.28. The molecule has 20 heavy (non-hydrogen) atoms. The zero-order chi connectivity index (χ0) is 13.9. The number of benzene rings is 1. The molecule has 1 aromatic carbocycles. The van der Waals surface area contributed by atoms with Crippen LogP contribution in [0, 0.1) is 6.92 Å². The van der Waals surface area contributed by atoms with Crippen LogP contribution in [0.5, 0.6) is 0 Å². The average molecular weight is 272 g/mol. The van der Waals surface area contributed by atoms with Crippen LogP contribution in [0.4, 0.5) is 0 Å². The first kappa shape index (κ1) is 13.6. The molecular weight excluding hydrogens is 248 g/mol. The summed E-state index contributed by atoms with van der Waals surface area (Å²) >= 11 is 0. The van der Waals surface area contributed by atoms with Crippen molar-refractivity contribution in [3.8, 4) is 0 Å². The first-order valence-electron chi connectivity index (χ1n) is 7.84. The van der Waals surface area contributed by atoms with Crippen LogP contribution in [0.15, 0.2) is 24.3 Å². The average Bonchev–Trinajstić information content (AvgIpc) is 3.01. The lowest BCUT2D eigenvalue weighted by Crippen LogP contribution is -2.51. The third kappa shape index (κ3) is 2.88. The van der Waals surface area contributed by atoms with E-state index in [9.17, 15) is 4.79 Å². The number of carbonyl (C=O) groups is 1. The third-order valence-corrected chi connectivity index (χ3v) is 4.71. The fraction of sp³-hybridized carbons (Fsp3) is 0.588. The molecule has 0 spiro atoms. The SMILES string of the molecule is Cc1cccc(C(=O)N2CCN(C3CCCC3)CC2)c1. The predicted octanol–water partition coefficient (Wildman–Crippen LogP) is 2.70. The molecule has 1 heterocycles. The van der Waals surface area contributed by atoms with Crippen molar-refractivity contribution in [2.45, 2.75) is 38.6 Å². The molecule has 1 aliphatic carbocycles. The number of aryl methyl sites for hydroxylation is 1. The Labute approximate surface area is 121 Å². The van der Waals surface area contributed by atoms with E-state index in [1.54, 1.807) is 0 Å². The Morgan fingerprint density at radius 3 is 2.45 bits per heavy atom. The number of rotatable bonds is 2. The van der Waals surface area contributed by atoms with Gasteiger partial charge < -0.3 is 4.90 Å². The molecule has 0 bridgehead atoms. The molecule has 1 amide bonds. The maximum absolute atomic E-state index is 12.5. The summed E-state index contributed by atoms with van der Waals surface area (Å²) in [6, 6.07) is 8.71. The van der Waals surface area contributed by atoms with Crippen LogP contribution in [0.2, 0.25) is 0 Å². The molecule has 0 radical (unpaired) electrons. The van der Waals surface area contributed by atoms with E-state index < -0.39 is 0 Å². The molecule has 3 rings (SSSR count). The quantitative estimate of drug-likeness (QED) is 0.826. The van der Waals surface area contributed by atoms with E-state index in [2.05, 4.69) is 4.90 Å². The largest absolute Gasteiger partial charge is 0.336 e. The number of piperazine rings is 1. The van der Waals surface area contributed by atoms with Crippen LogP contribution in [0.1, 0.15) is 41.6 Å². The molecule has 1 saturated heterocycles. The highest BCUT2D eigenvalue weighted by atomic mass is 16.2. The molecule has 3 nitrogen and oxygen atoms in total. The Hall–Kier alpha value is -1.35. The van der Waals surface area contributed by atoms with Crippen molar-refractivity contribution >= 4 is 5.91 Å². The zero-order valence-electron chi connectivity index (χ0n) is 12.3. The van der Waals surface area contributed by atoms with Gasteiger partial charge >= 0.3 is 0 Å². The molecule has 0 N–H and O–H groups in total. The maximum atomic E-state index is 12.5. The molecule has 1 saturated carbocycles. The molecular formula is C17H24N2O. The highest BCUT2D eigenvalue weighted by Crippen LogP contribution is 2.24. The van der Waals surface area contributed by atoms with Crippen LogP contribution >= 0.6 is 0 Å². The minimum absolute atomic E-state index is 0.194. The van der Waals surface area contributed by atoms with Gasteiger partial charge in [0, 0.05) is 37.8 Å². The van der Waals surface area contributed by atoms with Crippen molar-refractivity contribution in [3.05, 3.63) is 35.4 Å². The minimum Gasteiger partial charge on any atom is -0.336 e. The Morgan fingerprint density at radius 1 is 1.10 bits per heavy atom. The molecule has 0 unspecified atom stereocenters. The fourth-order valence-electron chi connectivity index (χ4n) is 3.52. The number of nitrogens with zero attached hydrogens (tertiary/aromatic N) is 2. The van der Waals surface area contributed by atoms with Gasteiger partial charge in [0.15, 0.2) is 0 Å². The van der Waals surface area contributed by atoms with Gasteiger partial charge in [-0.2, -0.15) is 0 Å². The lowest BCUT2D eigenvalue weighted by molar-refractivity contribution is 0.0573. The number of carbonyl (C=O) groups excluding carboxylic acids is 1. The number of amides is 1. The van der Waals surface area contributed by atoms with Crippen LogP contribution in [0.25, 0.3) is 0 Å². The van der Waals surface area contributed by atoms with E-state index in [-0.39, 0.29) is 5.91 Å². The Bertz CT molecular complexity index is 472. The van der Waals surface area contributed by atoms with Gasteiger partial charge in [-0.05, 0) is 31.9 Å². The van der Waals surface area contributed by atoms with Gasteiger partial charge in [0.2, 0.25) is 0 Å². The topological polar surface area (TPSA) is 23.6 Å². The van der Waals surface area contributed by atoms with E-state index in [4.69, 9.17) is 0 Å². The molecule has 0 aromatic heterocycles. The van der Waals surface area contributed by atoms with Gasteiger partial charge in [-0.15, -0.1) is 0 Å². The van der Waals surface area contributed by atoms with E-state index in [0.717, 1.165) is 43.3 Å². The van der Waals surface area contributed by atoms with Gasteiger partial charge in [0.05, 0.1) is 0 Å². The lowest BCUT2D eigenvalue weighted by Gasteiger charge is -2.38. The molecule has 0 atom stereocenters. The summed E-state index contributed by atoms with van der Waals surface area (Å²) in [5, 5.41) is 0. The Morgan fingerprint density at radius 2 is 1.80 bits per heavy atom. The first-order chi connectivity index (χ1) is 9.74. The minimum atomic E-state index is 0.194. The normalized spacial score (nSPS) is 21.4. The predicted molar refractivity (Wildman–Crippen MR) is 80.9 cm³/mol. The van der Waals surface area contributed by atoms with Gasteiger partial charge in [0.25, 0.3) is 5.91 Å². The highest BCUT2D eigenvalue weighted by molar-refractivity contribution is 5.94. The van der Waals surface area contributed by atoms with Crippen LogP contribution in [-0.2, 0) is 0 Å². The van der Waals surface area contributed by atoms with Gasteiger partial charge in [0.1, 0.15) is 0 Å². The molecule has 1 aromatic rings. The second kappa shape index (κ2) is 5.96. The summed E-state index contributed by atoms with van der Waals surface area (Å²) in [5.74, 6) is 0.194. The summed E-state index contributed by atoms with van der Waals surface area (Å²) in [5.41, 5.74) is 1.99. The van der Waals surface area contributed by atoms with E-state index in [0.29, 0.717) is 0 Å². The van der Waals surface area contributed by atoms with Gasteiger partial charge in [-0.3, -0.25) is 9.69 Å². The Kier molecular flexibility index (Phi) is 4.06. The third-order valence-electron chi connectivity index (χ3n) is 4.71. The Balaban J connectivity index is 1.58. The van der Waals surface area contributed by atoms with Crippen molar-refractivity contribution in [2.75, 3.05) is 26.2 Å². The van der Waals surface area contributed by atoms with Crippen molar-refractivity contribution < 1.29 is 4.79 Å². The number of hydrogen-bond donors (Lipinski definition) is 0. The van der Waals surface area contributed by atoms with E-state index in [1.807, 2.05) is 36.1 Å². The van der Waals surface area contributed by atoms with Crippen molar-refractivity contribution in [1.82, 2.24) is 9.80 Å². The molecule has 108 valence electrons. The number of hydrogen-bond acceptors (Lipinski definition) is 2. The van der Waals surface area contributed by atoms with Crippen LogP contribution < -0.4 is 0 Å². The van der Waals surface area contributed by atoms with Crippen LogP contribution in [-0.4, -0.2) is 47.9 Å². The molecule has 2 aliphatic rings.